The molecule has 0 fully saturated rings. The Morgan fingerprint density at radius 3 is 2.37 bits per heavy atom. The zero-order valence-electron chi connectivity index (χ0n) is 21.5. The fraction of sp³-hybridized carbons (Fsp3) is 0.161. The monoisotopic (exact) mass is 525 g/mol. The molecule has 4 rings (SSSR count). The fourth-order valence-electron chi connectivity index (χ4n) is 4.12. The molecule has 3 aromatic carbocycles. The number of benzene rings is 3. The van der Waals surface area contributed by atoms with Gasteiger partial charge in [0.15, 0.2) is 0 Å². The minimum atomic E-state index is -0.423. The van der Waals surface area contributed by atoms with Crippen LogP contribution in [-0.2, 0) is 17.9 Å². The smallest absolute Gasteiger partial charge is 0.262 e. The largest absolute Gasteiger partial charge is 0.497 e. The van der Waals surface area contributed by atoms with Gasteiger partial charge in [0.05, 0.1) is 7.11 Å². The van der Waals surface area contributed by atoms with Gasteiger partial charge in [-0.05, 0) is 79.6 Å². The van der Waals surface area contributed by atoms with Crippen molar-refractivity contribution >= 4 is 23.6 Å². The van der Waals surface area contributed by atoms with Gasteiger partial charge in [-0.25, -0.2) is 0 Å². The number of nitrogens with zero attached hydrogens (tertiary/aromatic N) is 2. The molecule has 0 aliphatic heterocycles. The van der Waals surface area contributed by atoms with E-state index in [2.05, 4.69) is 9.88 Å². The molecule has 0 saturated carbocycles. The maximum absolute atomic E-state index is 12.7. The Labute approximate surface area is 227 Å². The van der Waals surface area contributed by atoms with Crippen molar-refractivity contribution in [1.82, 2.24) is 9.88 Å². The van der Waals surface area contributed by atoms with Crippen LogP contribution in [0.5, 0.6) is 11.5 Å². The normalized spacial score (nSPS) is 11.1. The predicted octanol–water partition coefficient (Wildman–Crippen LogP) is 6.56. The van der Waals surface area contributed by atoms with Crippen LogP contribution >= 0.6 is 11.6 Å². The molecule has 0 aliphatic carbocycles. The van der Waals surface area contributed by atoms with Crippen LogP contribution in [0.25, 0.3) is 11.8 Å². The third-order valence-electron chi connectivity index (χ3n) is 6.19. The number of carbonyl (C=O) groups excluding carboxylic acids is 1. The summed E-state index contributed by atoms with van der Waals surface area (Å²) in [5, 5.41) is 13.2. The number of aromatic nitrogens is 1. The molecule has 0 unspecified atom stereocenters. The highest BCUT2D eigenvalue weighted by Crippen LogP contribution is 2.25. The van der Waals surface area contributed by atoms with Crippen LogP contribution in [0.4, 0.5) is 0 Å². The molecule has 1 N–H and O–H groups in total. The van der Waals surface area contributed by atoms with Gasteiger partial charge in [0.1, 0.15) is 29.7 Å². The number of aryl methyl sites for hydroxylation is 1. The highest BCUT2D eigenvalue weighted by Gasteiger charge is 2.14. The first-order valence-corrected chi connectivity index (χ1v) is 12.5. The number of halogens is 1. The fourth-order valence-corrected chi connectivity index (χ4v) is 4.31. The zero-order chi connectivity index (χ0) is 27.1. The van der Waals surface area contributed by atoms with Gasteiger partial charge in [0.25, 0.3) is 5.91 Å². The number of methoxy groups -OCH3 is 1. The van der Waals surface area contributed by atoms with Crippen molar-refractivity contribution in [2.24, 2.45) is 0 Å². The van der Waals surface area contributed by atoms with E-state index < -0.39 is 5.91 Å². The van der Waals surface area contributed by atoms with Crippen LogP contribution in [0.3, 0.4) is 0 Å². The number of carbonyl (C=O) groups is 1. The van der Waals surface area contributed by atoms with E-state index in [1.54, 1.807) is 13.2 Å². The van der Waals surface area contributed by atoms with Crippen molar-refractivity contribution in [1.29, 1.82) is 5.26 Å². The Bertz CT molecular complexity index is 1500. The van der Waals surface area contributed by atoms with Gasteiger partial charge in [0, 0.05) is 34.2 Å². The minimum absolute atomic E-state index is 0.0436. The molecule has 0 spiro atoms. The number of nitrogens with one attached hydrogen (secondary N) is 1. The molecule has 0 bridgehead atoms. The lowest BCUT2D eigenvalue weighted by Crippen LogP contribution is -2.23. The van der Waals surface area contributed by atoms with Gasteiger partial charge in [-0.15, -0.1) is 0 Å². The standard InChI is InChI=1S/C31H28ClN3O3/c1-21-16-25(17-26(18-33)31(36)34-19-23-8-12-28(37-3)13-9-23)22(2)35(21)27-10-14-29(15-11-27)38-20-24-6-4-5-7-30(24)32/h4-17H,19-20H2,1-3H3,(H,34,36)/b26-17-. The maximum atomic E-state index is 12.7. The first kappa shape index (κ1) is 26.6. The Morgan fingerprint density at radius 2 is 1.71 bits per heavy atom. The van der Waals surface area contributed by atoms with Gasteiger partial charge >= 0.3 is 0 Å². The highest BCUT2D eigenvalue weighted by molar-refractivity contribution is 6.31. The molecule has 6 nitrogen and oxygen atoms in total. The lowest BCUT2D eigenvalue weighted by Gasteiger charge is -2.12. The maximum Gasteiger partial charge on any atom is 0.262 e. The highest BCUT2D eigenvalue weighted by atomic mass is 35.5. The van der Waals surface area contributed by atoms with Gasteiger partial charge in [-0.1, -0.05) is 41.9 Å². The van der Waals surface area contributed by atoms with E-state index >= 15 is 0 Å². The van der Waals surface area contributed by atoms with Crippen molar-refractivity contribution in [3.05, 3.63) is 118 Å². The second-order valence-corrected chi connectivity index (χ2v) is 9.14. The van der Waals surface area contributed by atoms with Crippen LogP contribution in [0.1, 0.15) is 28.1 Å². The van der Waals surface area contributed by atoms with Crippen molar-refractivity contribution < 1.29 is 14.3 Å². The van der Waals surface area contributed by atoms with Crippen molar-refractivity contribution in [3.8, 4) is 23.3 Å². The Balaban J connectivity index is 1.46. The summed E-state index contributed by atoms with van der Waals surface area (Å²) in [5.41, 5.74) is 5.53. The Morgan fingerprint density at radius 1 is 1.03 bits per heavy atom. The second-order valence-electron chi connectivity index (χ2n) is 8.74. The number of ether oxygens (including phenoxy) is 2. The zero-order valence-corrected chi connectivity index (χ0v) is 22.3. The molecule has 1 heterocycles. The summed E-state index contributed by atoms with van der Waals surface area (Å²) >= 11 is 6.22. The Hall–Kier alpha value is -4.47. The summed E-state index contributed by atoms with van der Waals surface area (Å²) in [5.74, 6) is 1.05. The SMILES string of the molecule is COc1ccc(CNC(=O)/C(C#N)=C\c2cc(C)n(-c3ccc(OCc4ccccc4Cl)cc3)c2C)cc1. The van der Waals surface area contributed by atoms with Gasteiger partial charge in [-0.2, -0.15) is 5.26 Å². The van der Waals surface area contributed by atoms with Crippen LogP contribution in [0.15, 0.2) is 84.4 Å². The van der Waals surface area contributed by atoms with Gasteiger partial charge in [-0.3, -0.25) is 4.79 Å². The topological polar surface area (TPSA) is 76.3 Å². The van der Waals surface area contributed by atoms with E-state index in [1.807, 2.05) is 98.8 Å². The van der Waals surface area contributed by atoms with Crippen LogP contribution in [-0.4, -0.2) is 17.6 Å². The number of hydrogen-bond donors (Lipinski definition) is 1. The van der Waals surface area contributed by atoms with Gasteiger partial charge in [0.2, 0.25) is 0 Å². The van der Waals surface area contributed by atoms with E-state index in [9.17, 15) is 10.1 Å². The number of amides is 1. The van der Waals surface area contributed by atoms with Gasteiger partial charge < -0.3 is 19.4 Å². The summed E-state index contributed by atoms with van der Waals surface area (Å²) in [6.07, 6.45) is 1.63. The summed E-state index contributed by atoms with van der Waals surface area (Å²) in [4.78, 5) is 12.7. The quantitative estimate of drug-likeness (QED) is 0.198. The molecule has 4 aromatic rings. The summed E-state index contributed by atoms with van der Waals surface area (Å²) in [7, 11) is 1.60. The van der Waals surface area contributed by atoms with Crippen molar-refractivity contribution in [2.45, 2.75) is 27.0 Å². The predicted molar refractivity (Wildman–Crippen MR) is 149 cm³/mol. The molecule has 1 amide bonds. The van der Waals surface area contributed by atoms with Crippen molar-refractivity contribution in [2.75, 3.05) is 7.11 Å². The lowest BCUT2D eigenvalue weighted by atomic mass is 10.1. The van der Waals surface area contributed by atoms with E-state index in [0.29, 0.717) is 18.2 Å². The first-order chi connectivity index (χ1) is 18.4. The summed E-state index contributed by atoms with van der Waals surface area (Å²) < 4.78 is 13.1. The third-order valence-corrected chi connectivity index (χ3v) is 6.56. The van der Waals surface area contributed by atoms with Crippen LogP contribution < -0.4 is 14.8 Å². The first-order valence-electron chi connectivity index (χ1n) is 12.1. The number of nitriles is 1. The molecule has 0 aliphatic rings. The van der Waals surface area contributed by atoms with Crippen LogP contribution in [0, 0.1) is 25.2 Å². The van der Waals surface area contributed by atoms with E-state index in [4.69, 9.17) is 21.1 Å². The van der Waals surface area contributed by atoms with Crippen molar-refractivity contribution in [3.63, 3.8) is 0 Å². The molecule has 0 saturated heterocycles. The number of rotatable bonds is 9. The molecular formula is C31H28ClN3O3. The van der Waals surface area contributed by atoms with E-state index in [-0.39, 0.29) is 5.57 Å². The molecular weight excluding hydrogens is 498 g/mol. The average Bonchev–Trinajstić information content (AvgIpc) is 3.22. The van der Waals surface area contributed by atoms with Crippen LogP contribution in [0.2, 0.25) is 5.02 Å². The second kappa shape index (κ2) is 12.2. The van der Waals surface area contributed by atoms with E-state index in [0.717, 1.165) is 45.3 Å². The van der Waals surface area contributed by atoms with E-state index in [1.165, 1.54) is 0 Å². The minimum Gasteiger partial charge on any atom is -0.497 e. The molecule has 7 heteroatoms. The summed E-state index contributed by atoms with van der Waals surface area (Å²) in [6.45, 7) is 4.64. The summed E-state index contributed by atoms with van der Waals surface area (Å²) in [6, 6.07) is 26.8. The Kier molecular flexibility index (Phi) is 8.52. The number of hydrogen-bond acceptors (Lipinski definition) is 4. The molecule has 38 heavy (non-hydrogen) atoms. The molecule has 0 atom stereocenters. The molecule has 192 valence electrons. The lowest BCUT2D eigenvalue weighted by molar-refractivity contribution is -0.117. The average molecular weight is 526 g/mol. The molecule has 1 aromatic heterocycles. The molecule has 0 radical (unpaired) electrons. The third kappa shape index (κ3) is 6.26.